The topological polar surface area (TPSA) is 64.6 Å². The van der Waals surface area contributed by atoms with Crippen LogP contribution < -0.4 is 14.8 Å². The van der Waals surface area contributed by atoms with E-state index in [4.69, 9.17) is 9.47 Å². The van der Waals surface area contributed by atoms with E-state index in [2.05, 4.69) is 5.32 Å². The van der Waals surface area contributed by atoms with Gasteiger partial charge in [0, 0.05) is 11.1 Å². The zero-order valence-corrected chi connectivity index (χ0v) is 16.6. The van der Waals surface area contributed by atoms with Crippen molar-refractivity contribution in [3.63, 3.8) is 0 Å². The molecular formula is C24H23NO4. The lowest BCUT2D eigenvalue weighted by Crippen LogP contribution is -2.26. The summed E-state index contributed by atoms with van der Waals surface area (Å²) in [5, 5.41) is 2.91. The van der Waals surface area contributed by atoms with Crippen molar-refractivity contribution in [2.45, 2.75) is 20.0 Å². The third kappa shape index (κ3) is 5.02. The van der Waals surface area contributed by atoms with Crippen molar-refractivity contribution in [3.05, 3.63) is 89.5 Å². The Morgan fingerprint density at radius 3 is 2.24 bits per heavy atom. The molecule has 0 aromatic heterocycles. The highest BCUT2D eigenvalue weighted by Gasteiger charge is 2.24. The molecule has 0 saturated heterocycles. The van der Waals surface area contributed by atoms with Gasteiger partial charge in [0.2, 0.25) is 6.10 Å². The largest absolute Gasteiger partial charge is 0.495 e. The third-order valence-corrected chi connectivity index (χ3v) is 4.47. The van der Waals surface area contributed by atoms with Crippen molar-refractivity contribution in [1.29, 1.82) is 0 Å². The molecule has 3 aromatic rings. The summed E-state index contributed by atoms with van der Waals surface area (Å²) in [5.74, 6) is 0.716. The number of carbonyl (C=O) groups is 2. The molecule has 1 atom stereocenters. The smallest absolute Gasteiger partial charge is 0.270 e. The third-order valence-electron chi connectivity index (χ3n) is 4.47. The molecule has 0 saturated carbocycles. The maximum Gasteiger partial charge on any atom is 0.270 e. The number of Topliss-reactive ketones (excluding diaryl/α,β-unsaturated/α-hetero) is 1. The van der Waals surface area contributed by atoms with Gasteiger partial charge in [-0.1, -0.05) is 36.4 Å². The Bertz CT molecular complexity index is 997. The van der Waals surface area contributed by atoms with Crippen LogP contribution in [0.3, 0.4) is 0 Å². The van der Waals surface area contributed by atoms with Crippen molar-refractivity contribution in [2.24, 2.45) is 0 Å². The normalized spacial score (nSPS) is 11.4. The SMILES string of the molecule is COc1ccc(C)cc1NC(=O)[C@@H](Oc1ccc(C(C)=O)cc1)c1ccccc1. The van der Waals surface area contributed by atoms with Crippen molar-refractivity contribution < 1.29 is 19.1 Å². The highest BCUT2D eigenvalue weighted by atomic mass is 16.5. The molecule has 0 fully saturated rings. The molecule has 5 nitrogen and oxygen atoms in total. The van der Waals surface area contributed by atoms with Crippen LogP contribution in [0.4, 0.5) is 5.69 Å². The highest BCUT2D eigenvalue weighted by Crippen LogP contribution is 2.28. The molecule has 0 radical (unpaired) electrons. The van der Waals surface area contributed by atoms with Crippen LogP contribution in [-0.2, 0) is 4.79 Å². The van der Waals surface area contributed by atoms with E-state index in [0.29, 0.717) is 28.3 Å². The summed E-state index contributed by atoms with van der Waals surface area (Å²) in [4.78, 5) is 24.6. The monoisotopic (exact) mass is 389 g/mol. The van der Waals surface area contributed by atoms with E-state index in [-0.39, 0.29) is 11.7 Å². The summed E-state index contributed by atoms with van der Waals surface area (Å²) >= 11 is 0. The van der Waals surface area contributed by atoms with E-state index in [1.807, 2.05) is 55.5 Å². The number of aryl methyl sites for hydroxylation is 1. The molecule has 1 amide bonds. The van der Waals surface area contributed by atoms with Gasteiger partial charge in [-0.25, -0.2) is 0 Å². The van der Waals surface area contributed by atoms with E-state index in [0.717, 1.165) is 5.56 Å². The first kappa shape index (κ1) is 20.1. The summed E-state index contributed by atoms with van der Waals surface area (Å²) in [6, 6.07) is 21.6. The first-order valence-electron chi connectivity index (χ1n) is 9.26. The van der Waals surface area contributed by atoms with Crippen molar-refractivity contribution >= 4 is 17.4 Å². The van der Waals surface area contributed by atoms with Gasteiger partial charge >= 0.3 is 0 Å². The second kappa shape index (κ2) is 9.06. The van der Waals surface area contributed by atoms with E-state index < -0.39 is 6.10 Å². The Balaban J connectivity index is 1.88. The number of benzene rings is 3. The van der Waals surface area contributed by atoms with Gasteiger partial charge in [0.1, 0.15) is 11.5 Å². The molecule has 1 N–H and O–H groups in total. The Morgan fingerprint density at radius 1 is 0.931 bits per heavy atom. The molecule has 0 aliphatic heterocycles. The number of hydrogen-bond donors (Lipinski definition) is 1. The molecule has 3 aromatic carbocycles. The lowest BCUT2D eigenvalue weighted by Gasteiger charge is -2.20. The van der Waals surface area contributed by atoms with Crippen LogP contribution in [0.5, 0.6) is 11.5 Å². The van der Waals surface area contributed by atoms with Crippen LogP contribution in [0, 0.1) is 6.92 Å². The van der Waals surface area contributed by atoms with Crippen LogP contribution >= 0.6 is 0 Å². The van der Waals surface area contributed by atoms with Gasteiger partial charge < -0.3 is 14.8 Å². The van der Waals surface area contributed by atoms with Gasteiger partial charge in [-0.2, -0.15) is 0 Å². The highest BCUT2D eigenvalue weighted by molar-refractivity contribution is 5.96. The number of methoxy groups -OCH3 is 1. The second-order valence-electron chi connectivity index (χ2n) is 6.68. The molecule has 148 valence electrons. The molecule has 5 heteroatoms. The first-order valence-corrected chi connectivity index (χ1v) is 9.26. The number of ketones is 1. The first-order chi connectivity index (χ1) is 14.0. The second-order valence-corrected chi connectivity index (χ2v) is 6.68. The minimum atomic E-state index is -0.871. The van der Waals surface area contributed by atoms with Gasteiger partial charge in [0.05, 0.1) is 12.8 Å². The predicted octanol–water partition coefficient (Wildman–Crippen LogP) is 4.97. The summed E-state index contributed by atoms with van der Waals surface area (Å²) in [7, 11) is 1.56. The summed E-state index contributed by atoms with van der Waals surface area (Å²) in [6.45, 7) is 3.45. The number of amides is 1. The van der Waals surface area contributed by atoms with Crippen LogP contribution in [0.15, 0.2) is 72.8 Å². The minimum absolute atomic E-state index is 0.0274. The van der Waals surface area contributed by atoms with E-state index >= 15 is 0 Å². The van der Waals surface area contributed by atoms with E-state index in [1.54, 1.807) is 31.4 Å². The molecule has 3 rings (SSSR count). The number of anilines is 1. The predicted molar refractivity (Wildman–Crippen MR) is 113 cm³/mol. The number of ether oxygens (including phenoxy) is 2. The molecule has 29 heavy (non-hydrogen) atoms. The molecule has 0 unspecified atom stereocenters. The van der Waals surface area contributed by atoms with E-state index in [1.165, 1.54) is 6.92 Å². The maximum absolute atomic E-state index is 13.1. The zero-order chi connectivity index (χ0) is 20.8. The molecule has 0 aliphatic rings. The molecule has 0 bridgehead atoms. The van der Waals surface area contributed by atoms with Gasteiger partial charge in [-0.3, -0.25) is 9.59 Å². The van der Waals surface area contributed by atoms with E-state index in [9.17, 15) is 9.59 Å². The fourth-order valence-corrected chi connectivity index (χ4v) is 2.92. The lowest BCUT2D eigenvalue weighted by atomic mass is 10.1. The Morgan fingerprint density at radius 2 is 1.62 bits per heavy atom. The summed E-state index contributed by atoms with van der Waals surface area (Å²) in [6.07, 6.45) is -0.871. The molecule has 0 heterocycles. The van der Waals surface area contributed by atoms with Crippen LogP contribution in [0.1, 0.15) is 34.5 Å². The van der Waals surface area contributed by atoms with Crippen LogP contribution in [0.2, 0.25) is 0 Å². The van der Waals surface area contributed by atoms with Gasteiger partial charge in [-0.05, 0) is 55.8 Å². The van der Waals surface area contributed by atoms with Crippen LogP contribution in [0.25, 0.3) is 0 Å². The fraction of sp³-hybridized carbons (Fsp3) is 0.167. The number of rotatable bonds is 7. The Hall–Kier alpha value is -3.60. The summed E-state index contributed by atoms with van der Waals surface area (Å²) in [5.41, 5.74) is 2.88. The molecule has 0 spiro atoms. The van der Waals surface area contributed by atoms with Crippen molar-refractivity contribution in [2.75, 3.05) is 12.4 Å². The maximum atomic E-state index is 13.1. The molecule has 0 aliphatic carbocycles. The Kier molecular flexibility index (Phi) is 6.29. The van der Waals surface area contributed by atoms with Gasteiger partial charge in [-0.15, -0.1) is 0 Å². The number of hydrogen-bond acceptors (Lipinski definition) is 4. The van der Waals surface area contributed by atoms with Crippen molar-refractivity contribution in [3.8, 4) is 11.5 Å². The standard InChI is InChI=1S/C24H23NO4/c1-16-9-14-22(28-3)21(15-16)25-24(27)23(19-7-5-4-6-8-19)29-20-12-10-18(11-13-20)17(2)26/h4-15,23H,1-3H3,(H,25,27)/t23-/m0/s1. The Labute approximate surface area is 170 Å². The number of nitrogens with one attached hydrogen (secondary N) is 1. The van der Waals surface area contributed by atoms with Crippen LogP contribution in [-0.4, -0.2) is 18.8 Å². The molecular weight excluding hydrogens is 366 g/mol. The van der Waals surface area contributed by atoms with Crippen molar-refractivity contribution in [1.82, 2.24) is 0 Å². The average Bonchev–Trinajstić information content (AvgIpc) is 2.73. The quantitative estimate of drug-likeness (QED) is 0.580. The fourth-order valence-electron chi connectivity index (χ4n) is 2.92. The number of carbonyl (C=O) groups excluding carboxylic acids is 2. The van der Waals surface area contributed by atoms with Gasteiger partial charge in [0.15, 0.2) is 5.78 Å². The minimum Gasteiger partial charge on any atom is -0.495 e. The lowest BCUT2D eigenvalue weighted by molar-refractivity contribution is -0.123. The average molecular weight is 389 g/mol. The zero-order valence-electron chi connectivity index (χ0n) is 16.6. The van der Waals surface area contributed by atoms with Gasteiger partial charge in [0.25, 0.3) is 5.91 Å². The summed E-state index contributed by atoms with van der Waals surface area (Å²) < 4.78 is 11.4.